The van der Waals surface area contributed by atoms with Gasteiger partial charge in [0, 0.05) is 31.4 Å². The van der Waals surface area contributed by atoms with Crippen LogP contribution in [0.2, 0.25) is 0 Å². The molecule has 0 aliphatic carbocycles. The highest BCUT2D eigenvalue weighted by molar-refractivity contribution is 5.92. The number of hydrogen-bond donors (Lipinski definition) is 3. The molecule has 0 bridgehead atoms. The van der Waals surface area contributed by atoms with Crippen LogP contribution in [-0.4, -0.2) is 49.0 Å². The number of benzene rings is 1. The Morgan fingerprint density at radius 3 is 2.30 bits per heavy atom. The molecule has 33 heavy (non-hydrogen) atoms. The fourth-order valence-electron chi connectivity index (χ4n) is 3.06. The molecule has 8 heteroatoms. The molecule has 1 unspecified atom stereocenters. The number of nitrogens with zero attached hydrogens (tertiary/aromatic N) is 1. The van der Waals surface area contributed by atoms with Gasteiger partial charge < -0.3 is 25.6 Å². The molecule has 0 heterocycles. The van der Waals surface area contributed by atoms with E-state index in [-0.39, 0.29) is 43.0 Å². The molecule has 1 aromatic carbocycles. The summed E-state index contributed by atoms with van der Waals surface area (Å²) >= 11 is 0. The average Bonchev–Trinajstić information content (AvgIpc) is 2.78. The summed E-state index contributed by atoms with van der Waals surface area (Å²) in [5, 5.41) is 8.79. The number of nitrogens with one attached hydrogen (secondary N) is 3. The highest BCUT2D eigenvalue weighted by Gasteiger charge is 2.19. The summed E-state index contributed by atoms with van der Waals surface area (Å²) in [7, 11) is 1.72. The third kappa shape index (κ3) is 10.9. The number of carbonyl (C=O) groups excluding carboxylic acids is 3. The van der Waals surface area contributed by atoms with Crippen molar-refractivity contribution in [2.45, 2.75) is 66.0 Å². The minimum Gasteiger partial charge on any atom is -0.445 e. The molecule has 0 aliphatic heterocycles. The van der Waals surface area contributed by atoms with E-state index in [1.807, 2.05) is 20.8 Å². The van der Waals surface area contributed by atoms with E-state index in [4.69, 9.17) is 4.74 Å². The average molecular weight is 461 g/mol. The molecule has 1 rings (SSSR count). The largest absolute Gasteiger partial charge is 0.445 e. The van der Waals surface area contributed by atoms with Gasteiger partial charge in [0.2, 0.25) is 11.8 Å². The summed E-state index contributed by atoms with van der Waals surface area (Å²) in [5.41, 5.74) is 2.07. The Morgan fingerprint density at radius 1 is 1.06 bits per heavy atom. The van der Waals surface area contributed by atoms with Gasteiger partial charge in [-0.3, -0.25) is 9.59 Å². The van der Waals surface area contributed by atoms with Gasteiger partial charge in [-0.15, -0.1) is 0 Å². The van der Waals surface area contributed by atoms with Gasteiger partial charge in [0.1, 0.15) is 6.61 Å². The Labute approximate surface area is 198 Å². The third-order valence-corrected chi connectivity index (χ3v) is 5.07. The quantitative estimate of drug-likeness (QED) is 0.389. The monoisotopic (exact) mass is 460 g/mol. The van der Waals surface area contributed by atoms with Crippen LogP contribution in [0.3, 0.4) is 0 Å². The van der Waals surface area contributed by atoms with Crippen LogP contribution in [0.5, 0.6) is 0 Å². The van der Waals surface area contributed by atoms with E-state index in [1.165, 1.54) is 0 Å². The zero-order valence-electron chi connectivity index (χ0n) is 20.7. The molecule has 184 valence electrons. The summed E-state index contributed by atoms with van der Waals surface area (Å²) in [6, 6.07) is 6.88. The standard InChI is InChI=1S/C25H40N4O4/c1-7-9-15-29(6)25(32)33-17-20-11-13-21(14-12-20)27-23(31)16-26-19(5)24(18(3)4)28-22(30)10-8-2/h11-14,18,24,26H,5,7-10,15-17H2,1-4,6H3,(H,27,31)(H,28,30). The summed E-state index contributed by atoms with van der Waals surface area (Å²) in [6.07, 6.45) is 2.84. The molecule has 0 fully saturated rings. The van der Waals surface area contributed by atoms with Crippen molar-refractivity contribution in [3.63, 3.8) is 0 Å². The molecule has 0 saturated heterocycles. The highest BCUT2D eigenvalue weighted by Crippen LogP contribution is 2.12. The minimum atomic E-state index is -0.349. The number of hydrogen-bond acceptors (Lipinski definition) is 5. The minimum absolute atomic E-state index is 0.0259. The smallest absolute Gasteiger partial charge is 0.409 e. The Balaban J connectivity index is 2.48. The number of amides is 3. The summed E-state index contributed by atoms with van der Waals surface area (Å²) in [6.45, 7) is 12.9. The third-order valence-electron chi connectivity index (χ3n) is 5.07. The van der Waals surface area contributed by atoms with Crippen molar-refractivity contribution < 1.29 is 19.1 Å². The molecule has 1 aromatic rings. The van der Waals surface area contributed by atoms with Gasteiger partial charge in [0.15, 0.2) is 0 Å². The van der Waals surface area contributed by atoms with E-state index in [0.29, 0.717) is 24.4 Å². The first-order chi connectivity index (χ1) is 15.7. The second kappa shape index (κ2) is 14.9. The van der Waals surface area contributed by atoms with Crippen LogP contribution in [0.15, 0.2) is 36.5 Å². The Hall–Kier alpha value is -3.03. The van der Waals surface area contributed by atoms with Crippen LogP contribution >= 0.6 is 0 Å². The van der Waals surface area contributed by atoms with Crippen LogP contribution in [-0.2, 0) is 20.9 Å². The molecule has 8 nitrogen and oxygen atoms in total. The zero-order valence-corrected chi connectivity index (χ0v) is 20.7. The first-order valence-electron chi connectivity index (χ1n) is 11.7. The summed E-state index contributed by atoms with van der Waals surface area (Å²) < 4.78 is 5.31. The van der Waals surface area contributed by atoms with Crippen LogP contribution in [0.25, 0.3) is 0 Å². The molecule has 3 amide bonds. The zero-order chi connectivity index (χ0) is 24.8. The second-order valence-corrected chi connectivity index (χ2v) is 8.49. The van der Waals surface area contributed by atoms with Gasteiger partial charge in [-0.2, -0.15) is 0 Å². The fourth-order valence-corrected chi connectivity index (χ4v) is 3.06. The van der Waals surface area contributed by atoms with Crippen molar-refractivity contribution >= 4 is 23.6 Å². The Kier molecular flexibility index (Phi) is 12.7. The number of rotatable bonds is 14. The highest BCUT2D eigenvalue weighted by atomic mass is 16.6. The first kappa shape index (κ1) is 28.0. The molecule has 0 aromatic heterocycles. The lowest BCUT2D eigenvalue weighted by Crippen LogP contribution is -2.44. The van der Waals surface area contributed by atoms with Crippen molar-refractivity contribution in [2.24, 2.45) is 5.92 Å². The van der Waals surface area contributed by atoms with Gasteiger partial charge in [0.25, 0.3) is 0 Å². The number of carbonyl (C=O) groups is 3. The van der Waals surface area contributed by atoms with Crippen LogP contribution in [0.1, 0.15) is 58.9 Å². The maximum Gasteiger partial charge on any atom is 0.409 e. The van der Waals surface area contributed by atoms with Gasteiger partial charge in [-0.1, -0.05) is 52.8 Å². The van der Waals surface area contributed by atoms with Crippen LogP contribution in [0.4, 0.5) is 10.5 Å². The van der Waals surface area contributed by atoms with E-state index < -0.39 is 0 Å². The Morgan fingerprint density at radius 2 is 1.73 bits per heavy atom. The van der Waals surface area contributed by atoms with E-state index >= 15 is 0 Å². The van der Waals surface area contributed by atoms with Crippen LogP contribution < -0.4 is 16.0 Å². The van der Waals surface area contributed by atoms with Crippen LogP contribution in [0, 0.1) is 5.92 Å². The lowest BCUT2D eigenvalue weighted by molar-refractivity contribution is -0.121. The fraction of sp³-hybridized carbons (Fsp3) is 0.560. The molecule has 3 N–H and O–H groups in total. The molecular weight excluding hydrogens is 420 g/mol. The van der Waals surface area contributed by atoms with Crippen molar-refractivity contribution in [1.82, 2.24) is 15.5 Å². The maximum atomic E-state index is 12.3. The Bertz CT molecular complexity index is 777. The SMILES string of the molecule is C=C(NCC(=O)Nc1ccc(COC(=O)N(C)CCCC)cc1)C(NC(=O)CCC)C(C)C. The molecule has 0 saturated carbocycles. The van der Waals surface area contributed by atoms with Gasteiger partial charge in [-0.25, -0.2) is 4.79 Å². The number of unbranched alkanes of at least 4 members (excludes halogenated alkanes) is 1. The second-order valence-electron chi connectivity index (χ2n) is 8.49. The predicted octanol–water partition coefficient (Wildman–Crippen LogP) is 4.04. The van der Waals surface area contributed by atoms with Crippen molar-refractivity contribution in [3.05, 3.63) is 42.1 Å². The topological polar surface area (TPSA) is 99.8 Å². The molecule has 0 spiro atoms. The number of anilines is 1. The van der Waals surface area contributed by atoms with Crippen molar-refractivity contribution in [1.29, 1.82) is 0 Å². The van der Waals surface area contributed by atoms with Crippen molar-refractivity contribution in [2.75, 3.05) is 25.5 Å². The van der Waals surface area contributed by atoms with E-state index in [1.54, 1.807) is 36.2 Å². The molecule has 1 atom stereocenters. The van der Waals surface area contributed by atoms with Gasteiger partial charge in [0.05, 0.1) is 12.6 Å². The molecule has 0 radical (unpaired) electrons. The number of ether oxygens (including phenoxy) is 1. The predicted molar refractivity (Wildman–Crippen MR) is 132 cm³/mol. The lowest BCUT2D eigenvalue weighted by atomic mass is 10.0. The normalized spacial score (nSPS) is 11.5. The van der Waals surface area contributed by atoms with Gasteiger partial charge in [-0.05, 0) is 36.5 Å². The summed E-state index contributed by atoms with van der Waals surface area (Å²) in [4.78, 5) is 37.8. The van der Waals surface area contributed by atoms with Gasteiger partial charge >= 0.3 is 6.09 Å². The van der Waals surface area contributed by atoms with E-state index in [0.717, 1.165) is 24.8 Å². The maximum absolute atomic E-state index is 12.3. The first-order valence-corrected chi connectivity index (χ1v) is 11.7. The van der Waals surface area contributed by atoms with E-state index in [9.17, 15) is 14.4 Å². The molecule has 0 aliphatic rings. The lowest BCUT2D eigenvalue weighted by Gasteiger charge is -2.25. The summed E-state index contributed by atoms with van der Waals surface area (Å²) in [5.74, 6) is -0.112. The molecular formula is C25H40N4O4. The van der Waals surface area contributed by atoms with E-state index in [2.05, 4.69) is 29.5 Å². The van der Waals surface area contributed by atoms with Crippen molar-refractivity contribution in [3.8, 4) is 0 Å².